The number of hydrogen-bond acceptors (Lipinski definition) is 1. The summed E-state index contributed by atoms with van der Waals surface area (Å²) in [5.74, 6) is -4.68. The van der Waals surface area contributed by atoms with Gasteiger partial charge in [-0.3, -0.25) is 0 Å². The van der Waals surface area contributed by atoms with E-state index in [1.165, 1.54) is 0 Å². The Morgan fingerprint density at radius 1 is 1.06 bits per heavy atom. The molecule has 2 N–H and O–H groups in total. The molecule has 1 atom stereocenters. The van der Waals surface area contributed by atoms with Crippen molar-refractivity contribution >= 4 is 12.4 Å². The highest BCUT2D eigenvalue weighted by molar-refractivity contribution is 5.85. The summed E-state index contributed by atoms with van der Waals surface area (Å²) in [6.45, 7) is 0. The Balaban J connectivity index is 0.00000289. The van der Waals surface area contributed by atoms with Gasteiger partial charge in [0.1, 0.15) is 0 Å². The second-order valence-electron chi connectivity index (χ2n) is 3.52. The molecule has 1 rings (SSSR count). The summed E-state index contributed by atoms with van der Waals surface area (Å²) < 4.78 is 74.2. The standard InChI is InChI=1S/C10H9F6N.ClH/c11-6-2-1-5(8(12)9(6)13)7(17)3-4-10(14,15)16;/h1-2,7H,3-4,17H2;1H/t7-;/m0./s1. The van der Waals surface area contributed by atoms with Crippen LogP contribution < -0.4 is 5.73 Å². The van der Waals surface area contributed by atoms with Crippen LogP contribution in [-0.2, 0) is 0 Å². The van der Waals surface area contributed by atoms with Crippen LogP contribution in [0.25, 0.3) is 0 Å². The molecule has 1 nitrogen and oxygen atoms in total. The van der Waals surface area contributed by atoms with Crippen LogP contribution in [0.1, 0.15) is 24.4 Å². The zero-order valence-electron chi connectivity index (χ0n) is 8.90. The largest absolute Gasteiger partial charge is 0.389 e. The van der Waals surface area contributed by atoms with E-state index in [1.54, 1.807) is 0 Å². The van der Waals surface area contributed by atoms with Crippen molar-refractivity contribution in [1.29, 1.82) is 0 Å². The first kappa shape index (κ1) is 17.1. The molecule has 1 aromatic carbocycles. The molecular weight excluding hydrogens is 284 g/mol. The van der Waals surface area contributed by atoms with Crippen molar-refractivity contribution in [1.82, 2.24) is 0 Å². The molecule has 0 amide bonds. The molecule has 0 bridgehead atoms. The molecule has 0 aliphatic rings. The van der Waals surface area contributed by atoms with Crippen LogP contribution in [0.5, 0.6) is 0 Å². The summed E-state index contributed by atoms with van der Waals surface area (Å²) in [7, 11) is 0. The Bertz CT molecular complexity index is 406. The van der Waals surface area contributed by atoms with Crippen molar-refractivity contribution in [3.63, 3.8) is 0 Å². The van der Waals surface area contributed by atoms with E-state index < -0.39 is 48.1 Å². The van der Waals surface area contributed by atoms with Gasteiger partial charge >= 0.3 is 6.18 Å². The van der Waals surface area contributed by atoms with E-state index in [0.29, 0.717) is 6.07 Å². The van der Waals surface area contributed by atoms with Gasteiger partial charge in [0.2, 0.25) is 0 Å². The molecule has 0 saturated carbocycles. The first-order chi connectivity index (χ1) is 7.72. The molecular formula is C10H10ClF6N. The lowest BCUT2D eigenvalue weighted by atomic mass is 10.0. The molecule has 0 unspecified atom stereocenters. The minimum absolute atomic E-state index is 0. The fourth-order valence-electron chi connectivity index (χ4n) is 1.30. The molecule has 0 radical (unpaired) electrons. The Morgan fingerprint density at radius 2 is 1.61 bits per heavy atom. The lowest BCUT2D eigenvalue weighted by Crippen LogP contribution is -2.17. The third-order valence-corrected chi connectivity index (χ3v) is 2.20. The minimum Gasteiger partial charge on any atom is -0.324 e. The van der Waals surface area contributed by atoms with Gasteiger partial charge in [0.25, 0.3) is 0 Å². The predicted octanol–water partition coefficient (Wildman–Crippen LogP) is 3.87. The second kappa shape index (κ2) is 6.29. The van der Waals surface area contributed by atoms with Crippen LogP contribution in [0.2, 0.25) is 0 Å². The van der Waals surface area contributed by atoms with Crippen molar-refractivity contribution in [2.75, 3.05) is 0 Å². The van der Waals surface area contributed by atoms with Gasteiger partial charge in [-0.1, -0.05) is 6.07 Å². The molecule has 0 aliphatic heterocycles. The van der Waals surface area contributed by atoms with E-state index in [4.69, 9.17) is 5.73 Å². The van der Waals surface area contributed by atoms with E-state index in [0.717, 1.165) is 6.07 Å². The first-order valence-electron chi connectivity index (χ1n) is 4.68. The average molecular weight is 294 g/mol. The second-order valence-corrected chi connectivity index (χ2v) is 3.52. The molecule has 0 fully saturated rings. The van der Waals surface area contributed by atoms with Crippen LogP contribution in [0.15, 0.2) is 12.1 Å². The topological polar surface area (TPSA) is 26.0 Å². The van der Waals surface area contributed by atoms with Crippen molar-refractivity contribution in [2.24, 2.45) is 5.73 Å². The third kappa shape index (κ3) is 4.38. The third-order valence-electron chi connectivity index (χ3n) is 2.20. The van der Waals surface area contributed by atoms with Gasteiger partial charge < -0.3 is 5.73 Å². The molecule has 104 valence electrons. The summed E-state index contributed by atoms with van der Waals surface area (Å²) in [5.41, 5.74) is 4.83. The highest BCUT2D eigenvalue weighted by Crippen LogP contribution is 2.28. The van der Waals surface area contributed by atoms with Gasteiger partial charge in [0, 0.05) is 18.0 Å². The lowest BCUT2D eigenvalue weighted by molar-refractivity contribution is -0.136. The van der Waals surface area contributed by atoms with Crippen LogP contribution in [0.3, 0.4) is 0 Å². The molecule has 0 heterocycles. The molecule has 1 aromatic rings. The van der Waals surface area contributed by atoms with E-state index in [9.17, 15) is 26.3 Å². The summed E-state index contributed by atoms with van der Waals surface area (Å²) in [5, 5.41) is 0. The van der Waals surface area contributed by atoms with Crippen molar-refractivity contribution < 1.29 is 26.3 Å². The zero-order chi connectivity index (χ0) is 13.2. The average Bonchev–Trinajstić information content (AvgIpc) is 2.22. The maximum Gasteiger partial charge on any atom is 0.389 e. The van der Waals surface area contributed by atoms with Crippen LogP contribution in [0, 0.1) is 17.5 Å². The zero-order valence-corrected chi connectivity index (χ0v) is 9.72. The van der Waals surface area contributed by atoms with E-state index >= 15 is 0 Å². The quantitative estimate of drug-likeness (QED) is 0.664. The maximum absolute atomic E-state index is 13.2. The number of rotatable bonds is 3. The van der Waals surface area contributed by atoms with Crippen LogP contribution >= 0.6 is 12.4 Å². The number of nitrogens with two attached hydrogens (primary N) is 1. The first-order valence-corrected chi connectivity index (χ1v) is 4.68. The fourth-order valence-corrected chi connectivity index (χ4v) is 1.30. The minimum atomic E-state index is -4.42. The highest BCUT2D eigenvalue weighted by Gasteiger charge is 2.29. The van der Waals surface area contributed by atoms with Crippen LogP contribution in [0.4, 0.5) is 26.3 Å². The molecule has 0 spiro atoms. The number of alkyl halides is 3. The van der Waals surface area contributed by atoms with Crippen molar-refractivity contribution in [3.8, 4) is 0 Å². The van der Waals surface area contributed by atoms with E-state index in [2.05, 4.69) is 0 Å². The van der Waals surface area contributed by atoms with Gasteiger partial charge in [-0.25, -0.2) is 13.2 Å². The Hall–Kier alpha value is -0.950. The predicted molar refractivity (Wildman–Crippen MR) is 55.8 cm³/mol. The summed E-state index contributed by atoms with van der Waals surface area (Å²) in [6.07, 6.45) is -6.23. The molecule has 8 heteroatoms. The lowest BCUT2D eigenvalue weighted by Gasteiger charge is -2.14. The molecule has 0 saturated heterocycles. The smallest absolute Gasteiger partial charge is 0.324 e. The molecule has 18 heavy (non-hydrogen) atoms. The Morgan fingerprint density at radius 3 is 2.11 bits per heavy atom. The fraction of sp³-hybridized carbons (Fsp3) is 0.400. The molecule has 0 aromatic heterocycles. The van der Waals surface area contributed by atoms with E-state index in [1.807, 2.05) is 0 Å². The SMILES string of the molecule is Cl.N[C@@H](CCC(F)(F)F)c1ccc(F)c(F)c1F. The van der Waals surface area contributed by atoms with Crippen molar-refractivity contribution in [2.45, 2.75) is 25.1 Å². The van der Waals surface area contributed by atoms with Gasteiger partial charge in [0.05, 0.1) is 0 Å². The van der Waals surface area contributed by atoms with Gasteiger partial charge in [-0.15, -0.1) is 12.4 Å². The number of halogens is 7. The van der Waals surface area contributed by atoms with Crippen molar-refractivity contribution in [3.05, 3.63) is 35.1 Å². The monoisotopic (exact) mass is 293 g/mol. The number of hydrogen-bond donors (Lipinski definition) is 1. The van der Waals surface area contributed by atoms with Crippen LogP contribution in [-0.4, -0.2) is 6.18 Å². The Kier molecular flexibility index (Phi) is 5.95. The van der Waals surface area contributed by atoms with Gasteiger partial charge in [-0.2, -0.15) is 13.2 Å². The van der Waals surface area contributed by atoms with Gasteiger partial charge in [0.15, 0.2) is 17.5 Å². The summed E-state index contributed by atoms with van der Waals surface area (Å²) in [4.78, 5) is 0. The molecule has 0 aliphatic carbocycles. The van der Waals surface area contributed by atoms with Gasteiger partial charge in [-0.05, 0) is 12.5 Å². The Labute approximate surface area is 105 Å². The maximum atomic E-state index is 13.2. The summed E-state index contributed by atoms with van der Waals surface area (Å²) in [6, 6.07) is 0.141. The number of benzene rings is 1. The highest BCUT2D eigenvalue weighted by atomic mass is 35.5. The normalized spacial score (nSPS) is 13.1. The van der Waals surface area contributed by atoms with E-state index in [-0.39, 0.29) is 12.4 Å². The summed E-state index contributed by atoms with van der Waals surface area (Å²) >= 11 is 0.